The molecule has 2 heterocycles. The number of aromatic nitrogens is 1. The van der Waals surface area contributed by atoms with Gasteiger partial charge in [-0.05, 0) is 49.7 Å². The van der Waals surface area contributed by atoms with Gasteiger partial charge in [-0.15, -0.1) is 0 Å². The molecular formula is C27H22N2O3S. The minimum atomic E-state index is -0.922. The van der Waals surface area contributed by atoms with Gasteiger partial charge in [0.2, 0.25) is 0 Å². The normalized spacial score (nSPS) is 13.2. The Morgan fingerprint density at radius 2 is 1.55 bits per heavy atom. The summed E-state index contributed by atoms with van der Waals surface area (Å²) in [5, 5.41) is 0.709. The summed E-state index contributed by atoms with van der Waals surface area (Å²) in [4.78, 5) is 35.2. The first-order valence-corrected chi connectivity index (χ1v) is 11.7. The Hall–Kier alpha value is -3.64. The van der Waals surface area contributed by atoms with E-state index < -0.39 is 12.1 Å². The summed E-state index contributed by atoms with van der Waals surface area (Å²) >= 11 is 1.63. The smallest absolute Gasteiger partial charge is 0.339 e. The number of carbonyl (C=O) groups is 2. The average molecular weight is 455 g/mol. The van der Waals surface area contributed by atoms with Gasteiger partial charge in [-0.1, -0.05) is 61.2 Å². The topological polar surface area (TPSA) is 59.5 Å². The molecule has 0 fully saturated rings. The van der Waals surface area contributed by atoms with E-state index in [0.717, 1.165) is 32.4 Å². The predicted molar refractivity (Wildman–Crippen MR) is 130 cm³/mol. The standard InChI is InChI=1S/C27H22N2O3S/c1-3-23(32-27(31)19-16-17(2)28-20-11-5-4-10-18(19)20)26(30)29-21-12-6-8-14-24(21)33-25-15-9-7-13-22(25)29/h4-16,23H,3H2,1-2H3. The van der Waals surface area contributed by atoms with Crippen LogP contribution < -0.4 is 4.90 Å². The molecule has 164 valence electrons. The lowest BCUT2D eigenvalue weighted by Gasteiger charge is -2.33. The Morgan fingerprint density at radius 1 is 0.939 bits per heavy atom. The van der Waals surface area contributed by atoms with Crippen LogP contribution in [0, 0.1) is 6.92 Å². The highest BCUT2D eigenvalue weighted by Gasteiger charge is 2.34. The molecule has 6 heteroatoms. The first-order chi connectivity index (χ1) is 16.1. The van der Waals surface area contributed by atoms with Crippen LogP contribution in [-0.4, -0.2) is 23.0 Å². The number of para-hydroxylation sites is 3. The lowest BCUT2D eigenvalue weighted by molar-refractivity contribution is -0.126. The number of fused-ring (bicyclic) bond motifs is 3. The Bertz CT molecular complexity index is 1340. The van der Waals surface area contributed by atoms with Gasteiger partial charge < -0.3 is 4.74 Å². The maximum atomic E-state index is 13.8. The van der Waals surface area contributed by atoms with Crippen molar-refractivity contribution in [2.45, 2.75) is 36.2 Å². The molecule has 1 amide bonds. The van der Waals surface area contributed by atoms with E-state index in [1.54, 1.807) is 22.7 Å². The SMILES string of the molecule is CCC(OC(=O)c1cc(C)nc2ccccc12)C(=O)N1c2ccccc2Sc2ccccc21. The van der Waals surface area contributed by atoms with Crippen molar-refractivity contribution in [2.24, 2.45) is 0 Å². The highest BCUT2D eigenvalue weighted by molar-refractivity contribution is 7.99. The minimum Gasteiger partial charge on any atom is -0.449 e. The van der Waals surface area contributed by atoms with E-state index in [1.807, 2.05) is 86.6 Å². The van der Waals surface area contributed by atoms with Gasteiger partial charge in [-0.25, -0.2) is 4.79 Å². The second kappa shape index (κ2) is 8.71. The summed E-state index contributed by atoms with van der Waals surface area (Å²) in [5.74, 6) is -0.786. The van der Waals surface area contributed by atoms with Crippen LogP contribution in [0.5, 0.6) is 0 Å². The molecule has 0 radical (unpaired) electrons. The maximum Gasteiger partial charge on any atom is 0.339 e. The zero-order valence-corrected chi connectivity index (χ0v) is 19.1. The number of hydrogen-bond acceptors (Lipinski definition) is 5. The molecular weight excluding hydrogens is 432 g/mol. The summed E-state index contributed by atoms with van der Waals surface area (Å²) in [7, 11) is 0. The largest absolute Gasteiger partial charge is 0.449 e. The van der Waals surface area contributed by atoms with Gasteiger partial charge in [0, 0.05) is 20.9 Å². The van der Waals surface area contributed by atoms with E-state index in [9.17, 15) is 9.59 Å². The maximum absolute atomic E-state index is 13.8. The van der Waals surface area contributed by atoms with Crippen molar-refractivity contribution >= 4 is 45.9 Å². The molecule has 0 aliphatic carbocycles. The zero-order chi connectivity index (χ0) is 22.9. The van der Waals surface area contributed by atoms with Crippen LogP contribution in [-0.2, 0) is 9.53 Å². The molecule has 0 spiro atoms. The highest BCUT2D eigenvalue weighted by atomic mass is 32.2. The quantitative estimate of drug-likeness (QED) is 0.338. The Labute approximate surface area is 196 Å². The summed E-state index contributed by atoms with van der Waals surface area (Å²) in [6, 6.07) is 24.7. The lowest BCUT2D eigenvalue weighted by Crippen LogP contribution is -2.39. The van der Waals surface area contributed by atoms with E-state index in [-0.39, 0.29) is 5.91 Å². The number of amides is 1. The van der Waals surface area contributed by atoms with E-state index in [1.165, 1.54) is 0 Å². The molecule has 0 saturated heterocycles. The van der Waals surface area contributed by atoms with Crippen molar-refractivity contribution in [1.82, 2.24) is 4.98 Å². The first kappa shape index (κ1) is 21.2. The van der Waals surface area contributed by atoms with Crippen LogP contribution >= 0.6 is 11.8 Å². The molecule has 0 saturated carbocycles. The molecule has 5 rings (SSSR count). The van der Waals surface area contributed by atoms with Crippen molar-refractivity contribution in [2.75, 3.05) is 4.90 Å². The van der Waals surface area contributed by atoms with E-state index in [0.29, 0.717) is 17.4 Å². The van der Waals surface area contributed by atoms with Crippen molar-refractivity contribution in [3.63, 3.8) is 0 Å². The number of aryl methyl sites for hydroxylation is 1. The van der Waals surface area contributed by atoms with Crippen LogP contribution in [0.15, 0.2) is 88.7 Å². The fourth-order valence-electron chi connectivity index (χ4n) is 4.06. The van der Waals surface area contributed by atoms with Crippen LogP contribution in [0.3, 0.4) is 0 Å². The fraction of sp³-hybridized carbons (Fsp3) is 0.148. The van der Waals surface area contributed by atoms with Gasteiger partial charge in [0.25, 0.3) is 5.91 Å². The Balaban J connectivity index is 1.50. The van der Waals surface area contributed by atoms with Crippen molar-refractivity contribution < 1.29 is 14.3 Å². The summed E-state index contributed by atoms with van der Waals surface area (Å²) < 4.78 is 5.83. The number of pyridine rings is 1. The third-order valence-corrected chi connectivity index (χ3v) is 6.74. The predicted octanol–water partition coefficient (Wildman–Crippen LogP) is 6.31. The molecule has 1 aromatic heterocycles. The first-order valence-electron chi connectivity index (χ1n) is 10.8. The molecule has 1 atom stereocenters. The van der Waals surface area contributed by atoms with Crippen molar-refractivity contribution in [3.05, 3.63) is 90.1 Å². The van der Waals surface area contributed by atoms with E-state index in [4.69, 9.17) is 4.74 Å². The van der Waals surface area contributed by atoms with Crippen LogP contribution in [0.25, 0.3) is 10.9 Å². The molecule has 1 unspecified atom stereocenters. The number of esters is 1. The second-order valence-electron chi connectivity index (χ2n) is 7.84. The minimum absolute atomic E-state index is 0.263. The van der Waals surface area contributed by atoms with Gasteiger partial charge in [0.1, 0.15) is 0 Å². The van der Waals surface area contributed by atoms with E-state index >= 15 is 0 Å². The number of rotatable bonds is 4. The third kappa shape index (κ3) is 3.87. The molecule has 1 aliphatic rings. The Kier molecular flexibility index (Phi) is 5.60. The second-order valence-corrected chi connectivity index (χ2v) is 8.93. The van der Waals surface area contributed by atoms with Gasteiger partial charge in [0.05, 0.1) is 22.5 Å². The van der Waals surface area contributed by atoms with Gasteiger partial charge in [-0.3, -0.25) is 14.7 Å². The number of carbonyl (C=O) groups excluding carboxylic acids is 2. The summed E-state index contributed by atoms with van der Waals surface area (Å²) in [6.07, 6.45) is -0.561. The molecule has 3 aromatic carbocycles. The van der Waals surface area contributed by atoms with Crippen LogP contribution in [0.2, 0.25) is 0 Å². The molecule has 0 bridgehead atoms. The number of ether oxygens (including phenoxy) is 1. The number of hydrogen-bond donors (Lipinski definition) is 0. The zero-order valence-electron chi connectivity index (χ0n) is 18.3. The van der Waals surface area contributed by atoms with Gasteiger partial charge in [-0.2, -0.15) is 0 Å². The number of anilines is 2. The molecule has 5 nitrogen and oxygen atoms in total. The highest BCUT2D eigenvalue weighted by Crippen LogP contribution is 2.48. The molecule has 1 aliphatic heterocycles. The van der Waals surface area contributed by atoms with E-state index in [2.05, 4.69) is 4.98 Å². The molecule has 4 aromatic rings. The molecule has 0 N–H and O–H groups in total. The monoisotopic (exact) mass is 454 g/mol. The molecule has 33 heavy (non-hydrogen) atoms. The van der Waals surface area contributed by atoms with Crippen LogP contribution in [0.4, 0.5) is 11.4 Å². The summed E-state index contributed by atoms with van der Waals surface area (Å²) in [5.41, 5.74) is 3.45. The number of nitrogens with zero attached hydrogens (tertiary/aromatic N) is 2. The third-order valence-electron chi connectivity index (χ3n) is 5.61. The number of benzene rings is 3. The fourth-order valence-corrected chi connectivity index (χ4v) is 5.12. The van der Waals surface area contributed by atoms with Crippen LogP contribution in [0.1, 0.15) is 29.4 Å². The van der Waals surface area contributed by atoms with Gasteiger partial charge in [0.15, 0.2) is 6.10 Å². The van der Waals surface area contributed by atoms with Gasteiger partial charge >= 0.3 is 5.97 Å². The van der Waals surface area contributed by atoms with Crippen molar-refractivity contribution in [3.8, 4) is 0 Å². The Morgan fingerprint density at radius 3 is 2.21 bits per heavy atom. The van der Waals surface area contributed by atoms with Crippen molar-refractivity contribution in [1.29, 1.82) is 0 Å². The average Bonchev–Trinajstić information content (AvgIpc) is 2.84. The summed E-state index contributed by atoms with van der Waals surface area (Å²) in [6.45, 7) is 3.69. The lowest BCUT2D eigenvalue weighted by atomic mass is 10.1.